The lowest BCUT2D eigenvalue weighted by atomic mass is 10.2. The first kappa shape index (κ1) is 11.9. The van der Waals surface area contributed by atoms with E-state index < -0.39 is 5.97 Å². The van der Waals surface area contributed by atoms with Crippen molar-refractivity contribution in [3.63, 3.8) is 0 Å². The van der Waals surface area contributed by atoms with E-state index in [1.165, 1.54) is 6.07 Å². The standard InChI is InChI=1S/C10H10ClNO2S/c1-2-9(15)12-6-3-4-7(10(13)14)8(11)5-6/h3-5H,2H2,1H3,(H,12,15)(H,13,14). The second-order valence-electron chi connectivity index (χ2n) is 2.90. The maximum Gasteiger partial charge on any atom is 0.337 e. The van der Waals surface area contributed by atoms with Gasteiger partial charge in [-0.3, -0.25) is 0 Å². The number of hydrogen-bond acceptors (Lipinski definition) is 2. The first-order chi connectivity index (χ1) is 7.04. The summed E-state index contributed by atoms with van der Waals surface area (Å²) in [6, 6.07) is 4.63. The highest BCUT2D eigenvalue weighted by Gasteiger charge is 2.08. The van der Waals surface area contributed by atoms with Crippen LogP contribution < -0.4 is 5.32 Å². The Hall–Kier alpha value is -1.13. The van der Waals surface area contributed by atoms with Crippen molar-refractivity contribution in [1.29, 1.82) is 0 Å². The number of hydrogen-bond donors (Lipinski definition) is 2. The van der Waals surface area contributed by atoms with Crippen LogP contribution in [0, 0.1) is 0 Å². The van der Waals surface area contributed by atoms with Crippen molar-refractivity contribution in [2.24, 2.45) is 0 Å². The van der Waals surface area contributed by atoms with Gasteiger partial charge in [0.1, 0.15) is 0 Å². The zero-order valence-corrected chi connectivity index (χ0v) is 9.65. The van der Waals surface area contributed by atoms with Gasteiger partial charge in [0.05, 0.1) is 15.6 Å². The lowest BCUT2D eigenvalue weighted by Crippen LogP contribution is -2.07. The zero-order valence-electron chi connectivity index (χ0n) is 8.08. The first-order valence-corrected chi connectivity index (χ1v) is 5.16. The second kappa shape index (κ2) is 5.09. The van der Waals surface area contributed by atoms with Crippen molar-refractivity contribution in [1.82, 2.24) is 0 Å². The minimum Gasteiger partial charge on any atom is -0.478 e. The molecule has 1 aromatic carbocycles. The molecule has 0 saturated carbocycles. The van der Waals surface area contributed by atoms with E-state index in [1.807, 2.05) is 6.92 Å². The fraction of sp³-hybridized carbons (Fsp3) is 0.200. The third-order valence-corrected chi connectivity index (χ3v) is 2.51. The van der Waals surface area contributed by atoms with Crippen molar-refractivity contribution >= 4 is 40.5 Å². The molecule has 15 heavy (non-hydrogen) atoms. The highest BCUT2D eigenvalue weighted by atomic mass is 35.5. The summed E-state index contributed by atoms with van der Waals surface area (Å²) in [6.45, 7) is 1.93. The minimum absolute atomic E-state index is 0.0876. The van der Waals surface area contributed by atoms with Crippen LogP contribution in [0.1, 0.15) is 23.7 Å². The molecule has 0 fully saturated rings. The van der Waals surface area contributed by atoms with Crippen LogP contribution in [-0.2, 0) is 0 Å². The Bertz CT molecular complexity index is 406. The molecule has 1 aromatic rings. The predicted molar refractivity (Wildman–Crippen MR) is 64.9 cm³/mol. The van der Waals surface area contributed by atoms with Crippen LogP contribution in [0.5, 0.6) is 0 Å². The van der Waals surface area contributed by atoms with E-state index in [0.29, 0.717) is 10.7 Å². The third-order valence-electron chi connectivity index (χ3n) is 1.80. The quantitative estimate of drug-likeness (QED) is 0.801. The smallest absolute Gasteiger partial charge is 0.337 e. The molecule has 0 amide bonds. The van der Waals surface area contributed by atoms with Crippen LogP contribution in [0.4, 0.5) is 5.69 Å². The summed E-state index contributed by atoms with van der Waals surface area (Å²) < 4.78 is 0. The normalized spacial score (nSPS) is 9.73. The molecule has 80 valence electrons. The third kappa shape index (κ3) is 3.18. The average Bonchev–Trinajstić information content (AvgIpc) is 2.17. The number of benzene rings is 1. The average molecular weight is 244 g/mol. The predicted octanol–water partition coefficient (Wildman–Crippen LogP) is 3.19. The van der Waals surface area contributed by atoms with E-state index in [-0.39, 0.29) is 10.6 Å². The molecule has 2 N–H and O–H groups in total. The minimum atomic E-state index is -1.04. The number of carbonyl (C=O) groups is 1. The summed E-state index contributed by atoms with van der Waals surface area (Å²) in [5.41, 5.74) is 0.793. The highest BCUT2D eigenvalue weighted by molar-refractivity contribution is 7.80. The van der Waals surface area contributed by atoms with Crippen LogP contribution >= 0.6 is 23.8 Å². The Kier molecular flexibility index (Phi) is 4.05. The molecule has 0 radical (unpaired) electrons. The van der Waals surface area contributed by atoms with Gasteiger partial charge < -0.3 is 10.4 Å². The molecule has 0 bridgehead atoms. The highest BCUT2D eigenvalue weighted by Crippen LogP contribution is 2.21. The summed E-state index contributed by atoms with van der Waals surface area (Å²) in [4.78, 5) is 11.4. The molecule has 0 spiro atoms. The number of aromatic carboxylic acids is 1. The van der Waals surface area contributed by atoms with Crippen LogP contribution in [0.2, 0.25) is 5.02 Å². The van der Waals surface area contributed by atoms with Gasteiger partial charge in [0.25, 0.3) is 0 Å². The molecule has 0 aliphatic rings. The van der Waals surface area contributed by atoms with Crippen molar-refractivity contribution in [3.05, 3.63) is 28.8 Å². The van der Waals surface area contributed by atoms with Gasteiger partial charge in [-0.15, -0.1) is 0 Å². The Balaban J connectivity index is 2.91. The Morgan fingerprint density at radius 1 is 1.60 bits per heavy atom. The number of halogens is 1. The fourth-order valence-electron chi connectivity index (χ4n) is 1.02. The van der Waals surface area contributed by atoms with E-state index in [2.05, 4.69) is 5.32 Å². The number of nitrogens with one attached hydrogen (secondary N) is 1. The molecule has 0 aliphatic carbocycles. The molecule has 3 nitrogen and oxygen atoms in total. The molecular weight excluding hydrogens is 234 g/mol. The lowest BCUT2D eigenvalue weighted by molar-refractivity contribution is 0.0697. The largest absolute Gasteiger partial charge is 0.478 e. The van der Waals surface area contributed by atoms with Crippen molar-refractivity contribution < 1.29 is 9.90 Å². The Morgan fingerprint density at radius 2 is 2.27 bits per heavy atom. The van der Waals surface area contributed by atoms with Crippen LogP contribution in [0.25, 0.3) is 0 Å². The van der Waals surface area contributed by atoms with Gasteiger partial charge in [-0.05, 0) is 24.6 Å². The summed E-state index contributed by atoms with van der Waals surface area (Å²) in [7, 11) is 0. The molecular formula is C10H10ClNO2S. The van der Waals surface area contributed by atoms with Crippen LogP contribution in [0.15, 0.2) is 18.2 Å². The lowest BCUT2D eigenvalue weighted by Gasteiger charge is -2.07. The molecule has 0 unspecified atom stereocenters. The van der Waals surface area contributed by atoms with Crippen LogP contribution in [-0.4, -0.2) is 16.1 Å². The monoisotopic (exact) mass is 243 g/mol. The molecule has 0 aromatic heterocycles. The number of thiocarbonyl (C=S) groups is 1. The van der Waals surface area contributed by atoms with Gasteiger partial charge in [-0.25, -0.2) is 4.79 Å². The van der Waals surface area contributed by atoms with Gasteiger partial charge in [-0.2, -0.15) is 0 Å². The first-order valence-electron chi connectivity index (χ1n) is 4.37. The van der Waals surface area contributed by atoms with E-state index in [0.717, 1.165) is 6.42 Å². The summed E-state index contributed by atoms with van der Waals surface area (Å²) in [5, 5.41) is 11.9. The van der Waals surface area contributed by atoms with Crippen molar-refractivity contribution in [2.75, 3.05) is 5.32 Å². The Labute approximate surface area is 98.1 Å². The zero-order chi connectivity index (χ0) is 11.4. The van der Waals surface area contributed by atoms with Crippen molar-refractivity contribution in [2.45, 2.75) is 13.3 Å². The van der Waals surface area contributed by atoms with Gasteiger partial charge in [0.2, 0.25) is 0 Å². The second-order valence-corrected chi connectivity index (χ2v) is 3.80. The maximum atomic E-state index is 10.7. The topological polar surface area (TPSA) is 49.3 Å². The summed E-state index contributed by atoms with van der Waals surface area (Å²) in [5.74, 6) is -1.04. The van der Waals surface area contributed by atoms with E-state index in [9.17, 15) is 4.79 Å². The molecule has 0 heterocycles. The summed E-state index contributed by atoms with van der Waals surface area (Å²) >= 11 is 10.8. The molecule has 0 atom stereocenters. The fourth-order valence-corrected chi connectivity index (χ4v) is 1.39. The van der Waals surface area contributed by atoms with Gasteiger partial charge in [0, 0.05) is 5.69 Å². The Morgan fingerprint density at radius 3 is 2.73 bits per heavy atom. The van der Waals surface area contributed by atoms with Gasteiger partial charge in [-0.1, -0.05) is 30.7 Å². The van der Waals surface area contributed by atoms with Gasteiger partial charge in [0.15, 0.2) is 0 Å². The number of anilines is 1. The number of rotatable bonds is 3. The molecule has 5 heteroatoms. The number of carboxylic acid groups (broad SMARTS) is 1. The molecule has 0 saturated heterocycles. The van der Waals surface area contributed by atoms with E-state index in [4.69, 9.17) is 28.9 Å². The van der Waals surface area contributed by atoms with E-state index in [1.54, 1.807) is 12.1 Å². The van der Waals surface area contributed by atoms with Crippen molar-refractivity contribution in [3.8, 4) is 0 Å². The van der Waals surface area contributed by atoms with Gasteiger partial charge >= 0.3 is 5.97 Å². The summed E-state index contributed by atoms with van der Waals surface area (Å²) in [6.07, 6.45) is 0.730. The van der Waals surface area contributed by atoms with Crippen LogP contribution in [0.3, 0.4) is 0 Å². The maximum absolute atomic E-state index is 10.7. The van der Waals surface area contributed by atoms with E-state index >= 15 is 0 Å². The molecule has 0 aliphatic heterocycles. The number of carboxylic acids is 1. The SMILES string of the molecule is CCC(=S)Nc1ccc(C(=O)O)c(Cl)c1. The molecule has 1 rings (SSSR count).